The van der Waals surface area contributed by atoms with Crippen molar-refractivity contribution in [2.24, 2.45) is 0 Å². The molecule has 0 radical (unpaired) electrons. The number of ether oxygens (including phenoxy) is 2. The molecule has 274 valence electrons. The number of allylic oxidation sites excluding steroid dienone is 4. The molecule has 4 N–H and O–H groups in total. The smallest absolute Gasteiger partial charge is 0.204 e. The predicted octanol–water partition coefficient (Wildman–Crippen LogP) is 5.29. The molecule has 50 heavy (non-hydrogen) atoms. The van der Waals surface area contributed by atoms with E-state index in [1.165, 1.54) is 0 Å². The molecule has 0 saturated carbocycles. The first-order chi connectivity index (χ1) is 24.3. The largest absolute Gasteiger partial charge is 0.507 e. The van der Waals surface area contributed by atoms with Crippen LogP contribution in [0.25, 0.3) is 21.9 Å². The summed E-state index contributed by atoms with van der Waals surface area (Å²) in [4.78, 5) is 19.4. The average Bonchev–Trinajstić information content (AvgIpc) is 3.10. The van der Waals surface area contributed by atoms with Crippen LogP contribution in [0.3, 0.4) is 0 Å². The lowest BCUT2D eigenvalue weighted by molar-refractivity contribution is 0.223. The maximum absolute atomic E-state index is 14.4. The van der Waals surface area contributed by atoms with Gasteiger partial charge in [0.05, 0.1) is 25.2 Å². The van der Waals surface area contributed by atoms with Crippen LogP contribution in [0.15, 0.2) is 44.6 Å². The number of phenols is 1. The van der Waals surface area contributed by atoms with Crippen molar-refractivity contribution in [2.45, 2.75) is 72.8 Å². The number of aliphatic hydroxyl groups excluding tert-OH is 1. The number of hydrogen-bond acceptors (Lipinski definition) is 10. The fraction of sp³-hybridized carbons (Fsp3) is 0.575. The molecule has 5 rings (SSSR count). The van der Waals surface area contributed by atoms with Crippen molar-refractivity contribution in [1.82, 2.24) is 20.4 Å². The lowest BCUT2D eigenvalue weighted by Crippen LogP contribution is -2.43. The van der Waals surface area contributed by atoms with Crippen molar-refractivity contribution in [2.75, 3.05) is 78.7 Å². The second-order valence-corrected chi connectivity index (χ2v) is 14.1. The Morgan fingerprint density at radius 2 is 1.22 bits per heavy atom. The second-order valence-electron chi connectivity index (χ2n) is 14.1. The molecule has 1 aromatic heterocycles. The zero-order valence-electron chi connectivity index (χ0n) is 30.7. The van der Waals surface area contributed by atoms with Gasteiger partial charge in [-0.25, -0.2) is 0 Å². The summed E-state index contributed by atoms with van der Waals surface area (Å²) < 4.78 is 19.1. The highest BCUT2D eigenvalue weighted by molar-refractivity contribution is 5.97. The molecule has 2 aliphatic heterocycles. The molecule has 10 nitrogen and oxygen atoms in total. The molecule has 2 aliphatic rings. The van der Waals surface area contributed by atoms with Crippen LogP contribution in [0.5, 0.6) is 17.2 Å². The van der Waals surface area contributed by atoms with Crippen molar-refractivity contribution in [1.29, 1.82) is 0 Å². The Hall–Kier alpha value is -3.41. The Balaban J connectivity index is 1.47. The number of fused-ring (bicyclic) bond motifs is 2. The van der Waals surface area contributed by atoms with Crippen molar-refractivity contribution in [3.8, 4) is 17.2 Å². The fourth-order valence-electron chi connectivity index (χ4n) is 6.84. The minimum absolute atomic E-state index is 0.116. The average molecular weight is 691 g/mol. The van der Waals surface area contributed by atoms with Crippen LogP contribution in [0.4, 0.5) is 0 Å². The summed E-state index contributed by atoms with van der Waals surface area (Å²) in [6, 6.07) is 3.49. The van der Waals surface area contributed by atoms with Gasteiger partial charge in [0.15, 0.2) is 0 Å². The normalized spacial score (nSPS) is 15.8. The van der Waals surface area contributed by atoms with Gasteiger partial charge in [-0.05, 0) is 84.9 Å². The summed E-state index contributed by atoms with van der Waals surface area (Å²) in [5.41, 5.74) is 4.31. The lowest BCUT2D eigenvalue weighted by atomic mass is 9.95. The van der Waals surface area contributed by atoms with Gasteiger partial charge < -0.3 is 44.5 Å². The molecule has 2 aromatic carbocycles. The number of nitrogens with zero attached hydrogens (tertiary/aromatic N) is 2. The third kappa shape index (κ3) is 9.88. The van der Waals surface area contributed by atoms with Gasteiger partial charge in [0.2, 0.25) is 5.43 Å². The zero-order chi connectivity index (χ0) is 35.5. The molecule has 0 amide bonds. The van der Waals surface area contributed by atoms with Crippen molar-refractivity contribution in [3.63, 3.8) is 0 Å². The number of phenolic OH excluding ortho intramolecular Hbond substituents is 1. The van der Waals surface area contributed by atoms with Crippen LogP contribution in [0.1, 0.15) is 70.1 Å². The molecule has 0 spiro atoms. The summed E-state index contributed by atoms with van der Waals surface area (Å²) in [6.07, 6.45) is 8.68. The number of benzene rings is 2. The highest BCUT2D eigenvalue weighted by atomic mass is 16.5. The molecule has 0 aliphatic carbocycles. The zero-order valence-corrected chi connectivity index (χ0v) is 30.7. The number of aromatic hydroxyl groups is 1. The number of piperazine rings is 2. The van der Waals surface area contributed by atoms with Gasteiger partial charge in [-0.15, -0.1) is 0 Å². The summed E-state index contributed by atoms with van der Waals surface area (Å²) in [6.45, 7) is 19.2. The van der Waals surface area contributed by atoms with E-state index in [-0.39, 0.29) is 28.8 Å². The topological polar surface area (TPSA) is 120 Å². The van der Waals surface area contributed by atoms with Gasteiger partial charge in [0.1, 0.15) is 33.8 Å². The standard InChI is InChI=1S/C40H58N4O6/c1-28(2)9-11-30-32(27-45)34(49-24-8-6-18-44-21-15-42-16-22-44)26-35-37(30)40(47)38-36(50-35)25-33(31(39(38)46)12-10-29(3)4)48-23-7-5-17-43-19-13-41-14-20-43/h9-10,25-26,41-42,45-46H,5-8,11-24,27H2,1-4H3. The van der Waals surface area contributed by atoms with Gasteiger partial charge in [-0.1, -0.05) is 23.3 Å². The molecular formula is C40H58N4O6. The second kappa shape index (κ2) is 18.7. The van der Waals surface area contributed by atoms with Gasteiger partial charge in [-0.3, -0.25) is 4.79 Å². The van der Waals surface area contributed by atoms with E-state index >= 15 is 0 Å². The molecule has 0 bridgehead atoms. The van der Waals surface area contributed by atoms with Crippen LogP contribution in [-0.2, 0) is 19.4 Å². The van der Waals surface area contributed by atoms with Gasteiger partial charge in [0, 0.05) is 75.6 Å². The quantitative estimate of drug-likeness (QED) is 0.0846. The summed E-state index contributed by atoms with van der Waals surface area (Å²) in [5.74, 6) is 0.928. The van der Waals surface area contributed by atoms with Crippen LogP contribution in [-0.4, -0.2) is 98.7 Å². The molecule has 2 fully saturated rings. The van der Waals surface area contributed by atoms with Crippen LogP contribution < -0.4 is 25.5 Å². The molecule has 10 heteroatoms. The molecule has 3 aromatic rings. The maximum atomic E-state index is 14.4. The molecular weight excluding hydrogens is 632 g/mol. The summed E-state index contributed by atoms with van der Waals surface area (Å²) in [7, 11) is 0. The first-order valence-corrected chi connectivity index (χ1v) is 18.6. The highest BCUT2D eigenvalue weighted by Crippen LogP contribution is 2.39. The summed E-state index contributed by atoms with van der Waals surface area (Å²) >= 11 is 0. The van der Waals surface area contributed by atoms with Crippen LogP contribution >= 0.6 is 0 Å². The van der Waals surface area contributed by atoms with Crippen LogP contribution in [0.2, 0.25) is 0 Å². The van der Waals surface area contributed by atoms with E-state index in [9.17, 15) is 15.0 Å². The first kappa shape index (κ1) is 37.8. The van der Waals surface area contributed by atoms with Crippen molar-refractivity contribution < 1.29 is 24.1 Å². The van der Waals surface area contributed by atoms with E-state index in [0.717, 1.165) is 102 Å². The monoisotopic (exact) mass is 690 g/mol. The third-order valence-corrected chi connectivity index (χ3v) is 9.73. The number of unbranched alkanes of at least 4 members (excludes halogenated alkanes) is 2. The number of hydrogen-bond donors (Lipinski definition) is 4. The van der Waals surface area contributed by atoms with E-state index in [1.807, 2.05) is 39.8 Å². The van der Waals surface area contributed by atoms with Gasteiger partial charge in [-0.2, -0.15) is 0 Å². The van der Waals surface area contributed by atoms with E-state index in [4.69, 9.17) is 13.9 Å². The fourth-order valence-corrected chi connectivity index (χ4v) is 6.84. The Kier molecular flexibility index (Phi) is 14.2. The molecule has 3 heterocycles. The Labute approximate surface area is 297 Å². The Morgan fingerprint density at radius 3 is 1.72 bits per heavy atom. The number of nitrogens with one attached hydrogen (secondary N) is 2. The molecule has 0 unspecified atom stereocenters. The Bertz CT molecular complexity index is 1690. The maximum Gasteiger partial charge on any atom is 0.204 e. The minimum atomic E-state index is -0.325. The minimum Gasteiger partial charge on any atom is -0.507 e. The van der Waals surface area contributed by atoms with Crippen molar-refractivity contribution in [3.05, 3.63) is 62.3 Å². The summed E-state index contributed by atoms with van der Waals surface area (Å²) in [5, 5.41) is 29.6. The van der Waals surface area contributed by atoms with Crippen molar-refractivity contribution >= 4 is 21.9 Å². The van der Waals surface area contributed by atoms with E-state index in [1.54, 1.807) is 12.1 Å². The third-order valence-electron chi connectivity index (χ3n) is 9.73. The van der Waals surface area contributed by atoms with Gasteiger partial charge in [0.25, 0.3) is 0 Å². The van der Waals surface area contributed by atoms with Gasteiger partial charge >= 0.3 is 0 Å². The van der Waals surface area contributed by atoms with E-state index < -0.39 is 0 Å². The molecule has 0 atom stereocenters. The highest BCUT2D eigenvalue weighted by Gasteiger charge is 2.24. The number of rotatable bonds is 17. The van der Waals surface area contributed by atoms with E-state index in [2.05, 4.69) is 20.4 Å². The first-order valence-electron chi connectivity index (χ1n) is 18.6. The lowest BCUT2D eigenvalue weighted by Gasteiger charge is -2.27. The molecule has 2 saturated heterocycles. The predicted molar refractivity (Wildman–Crippen MR) is 202 cm³/mol. The Morgan fingerprint density at radius 1 is 0.740 bits per heavy atom. The van der Waals surface area contributed by atoms with Crippen LogP contribution in [0, 0.1) is 0 Å². The number of aliphatic hydroxyl groups is 1. The SMILES string of the molecule is CC(C)=CCc1c(OCCCCN2CCNCC2)cc2oc3cc(OCCCCN4CCNCC4)c(CO)c(CC=C(C)C)c3c(=O)c2c1O. The van der Waals surface area contributed by atoms with E-state index in [0.29, 0.717) is 65.2 Å².